The van der Waals surface area contributed by atoms with E-state index in [1.807, 2.05) is 25.4 Å². The van der Waals surface area contributed by atoms with Crippen LogP contribution >= 0.6 is 0 Å². The molecular formula is C15H19N3. The van der Waals surface area contributed by atoms with E-state index in [0.29, 0.717) is 6.04 Å². The van der Waals surface area contributed by atoms with Gasteiger partial charge in [0.05, 0.1) is 0 Å². The lowest BCUT2D eigenvalue weighted by Crippen LogP contribution is -2.23. The summed E-state index contributed by atoms with van der Waals surface area (Å²) in [5.74, 6) is 0. The Morgan fingerprint density at radius 3 is 2.72 bits per heavy atom. The maximum atomic E-state index is 4.37. The van der Waals surface area contributed by atoms with E-state index >= 15 is 0 Å². The Morgan fingerprint density at radius 1 is 1.22 bits per heavy atom. The Bertz CT molecular complexity index is 465. The normalized spacial score (nSPS) is 12.3. The highest BCUT2D eigenvalue weighted by molar-refractivity contribution is 5.21. The monoisotopic (exact) mass is 241 g/mol. The minimum absolute atomic E-state index is 0.298. The third-order valence-electron chi connectivity index (χ3n) is 2.95. The van der Waals surface area contributed by atoms with Gasteiger partial charge in [0.1, 0.15) is 0 Å². The first kappa shape index (κ1) is 12.7. The van der Waals surface area contributed by atoms with Crippen LogP contribution in [0.2, 0.25) is 0 Å². The molecule has 0 aliphatic heterocycles. The topological polar surface area (TPSA) is 37.8 Å². The maximum Gasteiger partial charge on any atom is 0.0376 e. The van der Waals surface area contributed by atoms with Crippen LogP contribution in [0.4, 0.5) is 0 Å². The smallest absolute Gasteiger partial charge is 0.0376 e. The van der Waals surface area contributed by atoms with Crippen LogP contribution in [-0.2, 0) is 6.42 Å². The van der Waals surface area contributed by atoms with Gasteiger partial charge in [0, 0.05) is 30.3 Å². The number of likely N-dealkylation sites (N-methyl/N-ethyl adjacent to an activating group) is 1. The molecule has 2 aromatic heterocycles. The molecule has 0 spiro atoms. The summed E-state index contributed by atoms with van der Waals surface area (Å²) in [6, 6.07) is 8.59. The molecule has 2 aromatic rings. The van der Waals surface area contributed by atoms with E-state index in [9.17, 15) is 0 Å². The van der Waals surface area contributed by atoms with Gasteiger partial charge >= 0.3 is 0 Å². The maximum absolute atomic E-state index is 4.37. The molecule has 1 N–H and O–H groups in total. The minimum atomic E-state index is 0.298. The van der Waals surface area contributed by atoms with E-state index in [4.69, 9.17) is 0 Å². The predicted octanol–water partition coefficient (Wildman–Crippen LogP) is 2.68. The summed E-state index contributed by atoms with van der Waals surface area (Å²) in [5.41, 5.74) is 3.52. The fourth-order valence-electron chi connectivity index (χ4n) is 1.99. The number of nitrogens with one attached hydrogen (secondary N) is 1. The molecule has 2 rings (SSSR count). The molecule has 0 bridgehead atoms. The Balaban J connectivity index is 2.15. The molecule has 0 saturated carbocycles. The number of aromatic nitrogens is 2. The van der Waals surface area contributed by atoms with Crippen molar-refractivity contribution >= 4 is 0 Å². The van der Waals surface area contributed by atoms with Crippen molar-refractivity contribution in [3.8, 4) is 0 Å². The zero-order valence-corrected chi connectivity index (χ0v) is 10.9. The highest BCUT2D eigenvalue weighted by Crippen LogP contribution is 2.17. The van der Waals surface area contributed by atoms with Crippen LogP contribution in [0, 0.1) is 6.92 Å². The molecule has 0 fully saturated rings. The summed E-state index contributed by atoms with van der Waals surface area (Å²) in [4.78, 5) is 8.53. The molecule has 18 heavy (non-hydrogen) atoms. The van der Waals surface area contributed by atoms with Crippen LogP contribution in [0.3, 0.4) is 0 Å². The van der Waals surface area contributed by atoms with Gasteiger partial charge < -0.3 is 5.32 Å². The third kappa shape index (κ3) is 3.37. The number of rotatable bonds is 5. The molecule has 1 unspecified atom stereocenters. The number of hydrogen-bond acceptors (Lipinski definition) is 3. The van der Waals surface area contributed by atoms with Gasteiger partial charge in [-0.25, -0.2) is 0 Å². The standard InChI is InChI=1S/C15H19N3/c1-3-17-15(9-13-5-4-8-16-10-13)14-7-6-12(2)18-11-14/h4-8,10-11,15,17H,3,9H2,1-2H3. The molecule has 3 nitrogen and oxygen atoms in total. The Kier molecular flexibility index (Phi) is 4.42. The second-order valence-electron chi connectivity index (χ2n) is 4.41. The van der Waals surface area contributed by atoms with Crippen LogP contribution < -0.4 is 5.32 Å². The van der Waals surface area contributed by atoms with Gasteiger partial charge in [-0.15, -0.1) is 0 Å². The minimum Gasteiger partial charge on any atom is -0.310 e. The van der Waals surface area contributed by atoms with Crippen molar-refractivity contribution in [3.63, 3.8) is 0 Å². The fourth-order valence-corrected chi connectivity index (χ4v) is 1.99. The van der Waals surface area contributed by atoms with Gasteiger partial charge in [-0.05, 0) is 43.1 Å². The molecule has 94 valence electrons. The Labute approximate surface area is 108 Å². The van der Waals surface area contributed by atoms with E-state index in [2.05, 4.69) is 40.4 Å². The van der Waals surface area contributed by atoms with Crippen LogP contribution in [-0.4, -0.2) is 16.5 Å². The molecule has 0 aromatic carbocycles. The van der Waals surface area contributed by atoms with E-state index < -0.39 is 0 Å². The van der Waals surface area contributed by atoms with Crippen molar-refractivity contribution in [2.75, 3.05) is 6.54 Å². The van der Waals surface area contributed by atoms with Crippen molar-refractivity contribution in [1.82, 2.24) is 15.3 Å². The van der Waals surface area contributed by atoms with Gasteiger partial charge in [0.15, 0.2) is 0 Å². The number of nitrogens with zero attached hydrogens (tertiary/aromatic N) is 2. The van der Waals surface area contributed by atoms with E-state index in [1.165, 1.54) is 11.1 Å². The second-order valence-corrected chi connectivity index (χ2v) is 4.41. The lowest BCUT2D eigenvalue weighted by molar-refractivity contribution is 0.547. The second kappa shape index (κ2) is 6.26. The fraction of sp³-hybridized carbons (Fsp3) is 0.333. The molecule has 1 atom stereocenters. The molecule has 3 heteroatoms. The summed E-state index contributed by atoms with van der Waals surface area (Å²) in [7, 11) is 0. The Hall–Kier alpha value is -1.74. The van der Waals surface area contributed by atoms with Crippen molar-refractivity contribution < 1.29 is 0 Å². The molecular weight excluding hydrogens is 222 g/mol. The first-order valence-corrected chi connectivity index (χ1v) is 6.34. The van der Waals surface area contributed by atoms with Gasteiger partial charge in [-0.3, -0.25) is 9.97 Å². The summed E-state index contributed by atoms with van der Waals surface area (Å²) in [6.45, 7) is 5.07. The van der Waals surface area contributed by atoms with Gasteiger partial charge in [-0.2, -0.15) is 0 Å². The summed E-state index contributed by atoms with van der Waals surface area (Å²) < 4.78 is 0. The van der Waals surface area contributed by atoms with E-state index in [-0.39, 0.29) is 0 Å². The van der Waals surface area contributed by atoms with Crippen molar-refractivity contribution in [2.45, 2.75) is 26.3 Å². The molecule has 0 saturated heterocycles. The average Bonchev–Trinajstić information content (AvgIpc) is 2.40. The van der Waals surface area contributed by atoms with Crippen LogP contribution in [0.25, 0.3) is 0 Å². The van der Waals surface area contributed by atoms with Crippen LogP contribution in [0.15, 0.2) is 42.9 Å². The molecule has 0 aliphatic rings. The van der Waals surface area contributed by atoms with E-state index in [1.54, 1.807) is 6.20 Å². The largest absolute Gasteiger partial charge is 0.310 e. The zero-order chi connectivity index (χ0) is 12.8. The molecule has 2 heterocycles. The average molecular weight is 241 g/mol. The van der Waals surface area contributed by atoms with Crippen molar-refractivity contribution in [1.29, 1.82) is 0 Å². The highest BCUT2D eigenvalue weighted by atomic mass is 14.9. The first-order chi connectivity index (χ1) is 8.79. The molecule has 0 aliphatic carbocycles. The lowest BCUT2D eigenvalue weighted by atomic mass is 10.0. The number of pyridine rings is 2. The van der Waals surface area contributed by atoms with Crippen molar-refractivity contribution in [3.05, 3.63) is 59.7 Å². The molecule has 0 radical (unpaired) electrons. The Morgan fingerprint density at radius 2 is 2.11 bits per heavy atom. The van der Waals surface area contributed by atoms with Crippen molar-refractivity contribution in [2.24, 2.45) is 0 Å². The summed E-state index contributed by atoms with van der Waals surface area (Å²) in [6.07, 6.45) is 6.62. The quantitative estimate of drug-likeness (QED) is 0.874. The zero-order valence-electron chi connectivity index (χ0n) is 10.9. The SMILES string of the molecule is CCNC(Cc1cccnc1)c1ccc(C)nc1. The number of aryl methyl sites for hydroxylation is 1. The van der Waals surface area contributed by atoms with Crippen LogP contribution in [0.5, 0.6) is 0 Å². The summed E-state index contributed by atoms with van der Waals surface area (Å²) >= 11 is 0. The highest BCUT2D eigenvalue weighted by Gasteiger charge is 2.11. The first-order valence-electron chi connectivity index (χ1n) is 6.34. The van der Waals surface area contributed by atoms with Gasteiger partial charge in [-0.1, -0.05) is 19.1 Å². The van der Waals surface area contributed by atoms with Gasteiger partial charge in [0.2, 0.25) is 0 Å². The number of hydrogen-bond donors (Lipinski definition) is 1. The summed E-state index contributed by atoms with van der Waals surface area (Å²) in [5, 5.41) is 3.50. The third-order valence-corrected chi connectivity index (χ3v) is 2.95. The lowest BCUT2D eigenvalue weighted by Gasteiger charge is -2.18. The van der Waals surface area contributed by atoms with Gasteiger partial charge in [0.25, 0.3) is 0 Å². The molecule has 0 amide bonds. The van der Waals surface area contributed by atoms with E-state index in [0.717, 1.165) is 18.7 Å². The predicted molar refractivity (Wildman–Crippen MR) is 73.3 cm³/mol. The van der Waals surface area contributed by atoms with Crippen LogP contribution in [0.1, 0.15) is 29.8 Å².